The monoisotopic (exact) mass is 153 g/mol. The molecule has 0 aromatic rings. The molecule has 1 nitrogen and oxygen atoms in total. The van der Waals surface area contributed by atoms with Crippen LogP contribution in [0.2, 0.25) is 0 Å². The van der Waals surface area contributed by atoms with Crippen LogP contribution in [-0.4, -0.2) is 23.5 Å². The summed E-state index contributed by atoms with van der Waals surface area (Å²) < 4.78 is 0. The Morgan fingerprint density at radius 2 is 2.00 bits per heavy atom. The number of piperidine rings is 2. The molecule has 0 atom stereocenters. The molecule has 11 heavy (non-hydrogen) atoms. The molecular weight excluding hydrogens is 134 g/mol. The van der Waals surface area contributed by atoms with Crippen molar-refractivity contribution in [1.29, 1.82) is 0 Å². The van der Waals surface area contributed by atoms with E-state index in [1.54, 1.807) is 0 Å². The quantitative estimate of drug-likeness (QED) is 0.558. The van der Waals surface area contributed by atoms with E-state index < -0.39 is 0 Å². The van der Waals surface area contributed by atoms with E-state index in [1.807, 2.05) is 0 Å². The van der Waals surface area contributed by atoms with Gasteiger partial charge in [-0.05, 0) is 45.1 Å². The Hall–Kier alpha value is -0.0400. The zero-order valence-electron chi connectivity index (χ0n) is 7.77. The second kappa shape index (κ2) is 2.48. The van der Waals surface area contributed by atoms with E-state index in [9.17, 15) is 0 Å². The lowest BCUT2D eigenvalue weighted by atomic mass is 9.71. The first-order chi connectivity index (χ1) is 5.24. The summed E-state index contributed by atoms with van der Waals surface area (Å²) in [5.74, 6) is 1.04. The lowest BCUT2D eigenvalue weighted by Gasteiger charge is -2.52. The molecule has 0 unspecified atom stereocenters. The molecule has 0 aromatic heterocycles. The normalized spacial score (nSPS) is 44.7. The van der Waals surface area contributed by atoms with Crippen LogP contribution in [0.4, 0.5) is 0 Å². The van der Waals surface area contributed by atoms with Gasteiger partial charge >= 0.3 is 0 Å². The van der Waals surface area contributed by atoms with Gasteiger partial charge in [0.2, 0.25) is 0 Å². The summed E-state index contributed by atoms with van der Waals surface area (Å²) in [6.07, 6.45) is 5.89. The number of hydrogen-bond acceptors (Lipinski definition) is 1. The molecular formula is C10H19N. The summed E-state index contributed by atoms with van der Waals surface area (Å²) in [7, 11) is 0. The molecule has 0 radical (unpaired) electrons. The summed E-state index contributed by atoms with van der Waals surface area (Å²) in [4.78, 5) is 2.69. The van der Waals surface area contributed by atoms with Gasteiger partial charge in [-0.2, -0.15) is 0 Å². The highest BCUT2D eigenvalue weighted by Gasteiger charge is 2.41. The highest BCUT2D eigenvalue weighted by molar-refractivity contribution is 4.97. The molecule has 2 aliphatic heterocycles. The molecule has 0 spiro atoms. The number of rotatable bonds is 1. The SMILES string of the molecule is CCN1CC2CCC1(C)CC2. The Kier molecular flexibility index (Phi) is 1.71. The van der Waals surface area contributed by atoms with Gasteiger partial charge in [0.05, 0.1) is 0 Å². The van der Waals surface area contributed by atoms with Crippen LogP contribution in [0, 0.1) is 5.92 Å². The van der Waals surface area contributed by atoms with E-state index in [0.717, 1.165) is 5.92 Å². The second-order valence-corrected chi connectivity index (χ2v) is 4.48. The molecule has 2 saturated heterocycles. The Morgan fingerprint density at radius 3 is 2.36 bits per heavy atom. The predicted octanol–water partition coefficient (Wildman–Crippen LogP) is 2.27. The lowest BCUT2D eigenvalue weighted by Crippen LogP contribution is -2.56. The maximum atomic E-state index is 2.69. The van der Waals surface area contributed by atoms with E-state index in [0.29, 0.717) is 5.54 Å². The van der Waals surface area contributed by atoms with E-state index in [-0.39, 0.29) is 0 Å². The molecule has 3 rings (SSSR count). The highest BCUT2D eigenvalue weighted by Crippen LogP contribution is 2.42. The van der Waals surface area contributed by atoms with Crippen LogP contribution in [0.1, 0.15) is 39.5 Å². The largest absolute Gasteiger partial charge is 0.298 e. The second-order valence-electron chi connectivity index (χ2n) is 4.48. The molecule has 1 aliphatic carbocycles. The first kappa shape index (κ1) is 7.60. The third-order valence-electron chi connectivity index (χ3n) is 3.81. The van der Waals surface area contributed by atoms with E-state index in [2.05, 4.69) is 18.7 Å². The molecule has 3 fully saturated rings. The Morgan fingerprint density at radius 1 is 1.36 bits per heavy atom. The van der Waals surface area contributed by atoms with Crippen LogP contribution < -0.4 is 0 Å². The predicted molar refractivity (Wildman–Crippen MR) is 47.6 cm³/mol. The van der Waals surface area contributed by atoms with E-state index >= 15 is 0 Å². The van der Waals surface area contributed by atoms with Crippen molar-refractivity contribution in [1.82, 2.24) is 4.90 Å². The first-order valence-electron chi connectivity index (χ1n) is 5.00. The highest BCUT2D eigenvalue weighted by atomic mass is 15.2. The Labute approximate surface area is 69.8 Å². The average Bonchev–Trinajstić information content (AvgIpc) is 2.05. The molecule has 3 aliphatic rings. The first-order valence-corrected chi connectivity index (χ1v) is 5.00. The fourth-order valence-electron chi connectivity index (χ4n) is 2.84. The van der Waals surface area contributed by atoms with E-state index in [1.165, 1.54) is 38.8 Å². The third-order valence-corrected chi connectivity index (χ3v) is 3.81. The fourth-order valence-corrected chi connectivity index (χ4v) is 2.84. The van der Waals surface area contributed by atoms with Crippen LogP contribution in [0.25, 0.3) is 0 Å². The van der Waals surface area contributed by atoms with Crippen molar-refractivity contribution in [3.05, 3.63) is 0 Å². The van der Waals surface area contributed by atoms with Crippen LogP contribution in [0.3, 0.4) is 0 Å². The molecule has 0 aromatic carbocycles. The van der Waals surface area contributed by atoms with Crippen molar-refractivity contribution in [2.75, 3.05) is 13.1 Å². The van der Waals surface area contributed by atoms with Crippen molar-refractivity contribution in [2.24, 2.45) is 5.92 Å². The molecule has 1 saturated carbocycles. The fraction of sp³-hybridized carbons (Fsp3) is 1.00. The third kappa shape index (κ3) is 1.10. The summed E-state index contributed by atoms with van der Waals surface area (Å²) in [5, 5.41) is 0. The molecule has 1 heteroatoms. The van der Waals surface area contributed by atoms with Crippen molar-refractivity contribution in [3.63, 3.8) is 0 Å². The molecule has 0 amide bonds. The number of fused-ring (bicyclic) bond motifs is 3. The molecule has 2 bridgehead atoms. The van der Waals surface area contributed by atoms with Gasteiger partial charge in [-0.3, -0.25) is 4.90 Å². The van der Waals surface area contributed by atoms with Gasteiger partial charge in [-0.15, -0.1) is 0 Å². The van der Waals surface area contributed by atoms with Gasteiger partial charge in [0.15, 0.2) is 0 Å². The standard InChI is InChI=1S/C10H19N/c1-3-11-8-9-4-6-10(11,2)7-5-9/h9H,3-8H2,1-2H3. The van der Waals surface area contributed by atoms with Crippen LogP contribution in [0.5, 0.6) is 0 Å². The minimum absolute atomic E-state index is 0.587. The van der Waals surface area contributed by atoms with Gasteiger partial charge in [0.1, 0.15) is 0 Å². The molecule has 2 heterocycles. The maximum Gasteiger partial charge on any atom is 0.0181 e. The van der Waals surface area contributed by atoms with Gasteiger partial charge in [-0.1, -0.05) is 6.92 Å². The molecule has 0 N–H and O–H groups in total. The van der Waals surface area contributed by atoms with Crippen LogP contribution in [0.15, 0.2) is 0 Å². The maximum absolute atomic E-state index is 2.69. The van der Waals surface area contributed by atoms with Crippen molar-refractivity contribution < 1.29 is 0 Å². The number of hydrogen-bond donors (Lipinski definition) is 0. The Bertz CT molecular complexity index is 145. The van der Waals surface area contributed by atoms with E-state index in [4.69, 9.17) is 0 Å². The summed E-state index contributed by atoms with van der Waals surface area (Å²) in [6, 6.07) is 0. The Balaban J connectivity index is 2.13. The van der Waals surface area contributed by atoms with Gasteiger partial charge in [0, 0.05) is 12.1 Å². The lowest BCUT2D eigenvalue weighted by molar-refractivity contribution is -0.0183. The van der Waals surface area contributed by atoms with Crippen LogP contribution >= 0.6 is 0 Å². The van der Waals surface area contributed by atoms with Crippen molar-refractivity contribution >= 4 is 0 Å². The summed E-state index contributed by atoms with van der Waals surface area (Å²) in [6.45, 7) is 7.39. The molecule has 64 valence electrons. The zero-order valence-corrected chi connectivity index (χ0v) is 7.77. The smallest absolute Gasteiger partial charge is 0.0181 e. The minimum atomic E-state index is 0.587. The van der Waals surface area contributed by atoms with Gasteiger partial charge in [-0.25, -0.2) is 0 Å². The average molecular weight is 153 g/mol. The van der Waals surface area contributed by atoms with Gasteiger partial charge in [0.25, 0.3) is 0 Å². The topological polar surface area (TPSA) is 3.24 Å². The summed E-state index contributed by atoms with van der Waals surface area (Å²) in [5.41, 5.74) is 0.587. The van der Waals surface area contributed by atoms with Crippen molar-refractivity contribution in [2.45, 2.75) is 45.1 Å². The minimum Gasteiger partial charge on any atom is -0.298 e. The number of nitrogens with zero attached hydrogens (tertiary/aromatic N) is 1. The zero-order chi connectivity index (χ0) is 7.90. The van der Waals surface area contributed by atoms with Gasteiger partial charge < -0.3 is 0 Å². The van der Waals surface area contributed by atoms with Crippen molar-refractivity contribution in [3.8, 4) is 0 Å². The summed E-state index contributed by atoms with van der Waals surface area (Å²) >= 11 is 0. The van der Waals surface area contributed by atoms with Crippen LogP contribution in [-0.2, 0) is 0 Å².